The van der Waals surface area contributed by atoms with E-state index in [4.69, 9.17) is 5.26 Å². The molecule has 1 aliphatic carbocycles. The van der Waals surface area contributed by atoms with Crippen LogP contribution in [0.3, 0.4) is 0 Å². The van der Waals surface area contributed by atoms with Crippen molar-refractivity contribution < 1.29 is 22.8 Å². The van der Waals surface area contributed by atoms with Crippen LogP contribution in [0.15, 0.2) is 47.4 Å². The van der Waals surface area contributed by atoms with E-state index in [0.717, 1.165) is 25.9 Å². The second kappa shape index (κ2) is 11.0. The third-order valence-corrected chi connectivity index (χ3v) is 10.7. The Morgan fingerprint density at radius 3 is 2.29 bits per heavy atom. The number of imide groups is 1. The molecule has 214 valence electrons. The summed E-state index contributed by atoms with van der Waals surface area (Å²) in [6, 6.07) is 13.3. The molecule has 0 radical (unpaired) electrons. The molecule has 1 saturated carbocycles. The van der Waals surface area contributed by atoms with Gasteiger partial charge in [-0.3, -0.25) is 19.3 Å². The lowest BCUT2D eigenvalue weighted by molar-refractivity contribution is -0.121. The van der Waals surface area contributed by atoms with Crippen LogP contribution in [0.4, 0.5) is 5.69 Å². The van der Waals surface area contributed by atoms with Gasteiger partial charge in [0.2, 0.25) is 15.9 Å². The first-order chi connectivity index (χ1) is 19.7. The van der Waals surface area contributed by atoms with Gasteiger partial charge in [-0.1, -0.05) is 6.07 Å². The van der Waals surface area contributed by atoms with Crippen molar-refractivity contribution in [1.82, 2.24) is 14.1 Å². The first-order valence-corrected chi connectivity index (χ1v) is 15.7. The van der Waals surface area contributed by atoms with Crippen molar-refractivity contribution in [1.29, 1.82) is 5.26 Å². The third-order valence-electron chi connectivity index (χ3n) is 8.82. The van der Waals surface area contributed by atoms with Gasteiger partial charge < -0.3 is 10.2 Å². The number of likely N-dealkylation sites (tertiary alicyclic amines) is 1. The van der Waals surface area contributed by atoms with E-state index in [-0.39, 0.29) is 34.6 Å². The standard InChI is InChI=1S/C30H33N5O5S/c31-18-21-2-1-3-25(16-21)41(39,40)34-14-10-24(11-15-34)33-12-8-22(9-13-33)28(36)32-23-6-7-26-27(17-23)30(38)35(29(26)37)19-20-4-5-20/h1-3,6-7,16-17,20,22,24H,4-5,8-15,19H2,(H,32,36). The predicted octanol–water partition coefficient (Wildman–Crippen LogP) is 3.07. The number of fused-ring (bicyclic) bond motifs is 1. The summed E-state index contributed by atoms with van der Waals surface area (Å²) in [5.41, 5.74) is 1.61. The van der Waals surface area contributed by atoms with Gasteiger partial charge in [0, 0.05) is 37.3 Å². The molecule has 6 rings (SSSR count). The molecule has 0 spiro atoms. The summed E-state index contributed by atoms with van der Waals surface area (Å²) >= 11 is 0. The fourth-order valence-corrected chi connectivity index (χ4v) is 7.70. The van der Waals surface area contributed by atoms with Crippen molar-refractivity contribution in [3.63, 3.8) is 0 Å². The third kappa shape index (κ3) is 5.52. The molecule has 10 nitrogen and oxygen atoms in total. The minimum atomic E-state index is -3.65. The summed E-state index contributed by atoms with van der Waals surface area (Å²) in [5, 5.41) is 12.1. The number of anilines is 1. The number of benzene rings is 2. The zero-order chi connectivity index (χ0) is 28.7. The highest BCUT2D eigenvalue weighted by molar-refractivity contribution is 7.89. The Balaban J connectivity index is 0.998. The van der Waals surface area contributed by atoms with E-state index >= 15 is 0 Å². The molecule has 2 saturated heterocycles. The number of nitrogens with one attached hydrogen (secondary N) is 1. The molecule has 1 N–H and O–H groups in total. The van der Waals surface area contributed by atoms with Crippen molar-refractivity contribution in [2.45, 2.75) is 49.5 Å². The van der Waals surface area contributed by atoms with Crippen LogP contribution in [-0.4, -0.2) is 79.0 Å². The number of amides is 3. The Labute approximate surface area is 240 Å². The largest absolute Gasteiger partial charge is 0.326 e. The van der Waals surface area contributed by atoms with Crippen LogP contribution in [0.2, 0.25) is 0 Å². The lowest BCUT2D eigenvalue weighted by Crippen LogP contribution is -2.49. The van der Waals surface area contributed by atoms with E-state index in [9.17, 15) is 22.8 Å². The molecule has 0 atom stereocenters. The monoisotopic (exact) mass is 575 g/mol. The molecule has 41 heavy (non-hydrogen) atoms. The van der Waals surface area contributed by atoms with E-state index < -0.39 is 10.0 Å². The second-order valence-electron chi connectivity index (χ2n) is 11.5. The quantitative estimate of drug-likeness (QED) is 0.502. The van der Waals surface area contributed by atoms with Gasteiger partial charge in [-0.25, -0.2) is 8.42 Å². The molecular weight excluding hydrogens is 542 g/mol. The summed E-state index contributed by atoms with van der Waals surface area (Å²) in [4.78, 5) is 42.3. The minimum Gasteiger partial charge on any atom is -0.326 e. The number of hydrogen-bond acceptors (Lipinski definition) is 7. The Kier molecular flexibility index (Phi) is 7.40. The van der Waals surface area contributed by atoms with Crippen LogP contribution in [0.1, 0.15) is 64.8 Å². The predicted molar refractivity (Wildman–Crippen MR) is 150 cm³/mol. The Morgan fingerprint density at radius 2 is 1.61 bits per heavy atom. The van der Waals surface area contributed by atoms with Gasteiger partial charge in [0.1, 0.15) is 0 Å². The van der Waals surface area contributed by atoms with Crippen molar-refractivity contribution in [3.05, 3.63) is 59.2 Å². The first-order valence-electron chi connectivity index (χ1n) is 14.3. The Bertz CT molecular complexity index is 1530. The Hall–Kier alpha value is -3.59. The number of carbonyl (C=O) groups is 3. The van der Waals surface area contributed by atoms with E-state index in [1.165, 1.54) is 21.3 Å². The minimum absolute atomic E-state index is 0.0864. The molecular formula is C30H33N5O5S. The van der Waals surface area contributed by atoms with Crippen molar-refractivity contribution in [2.24, 2.45) is 11.8 Å². The van der Waals surface area contributed by atoms with Gasteiger partial charge in [-0.15, -0.1) is 0 Å². The normalized spacial score (nSPS) is 21.1. The van der Waals surface area contributed by atoms with E-state index in [2.05, 4.69) is 10.2 Å². The topological polar surface area (TPSA) is 131 Å². The SMILES string of the molecule is N#Cc1cccc(S(=O)(=O)N2CCC(N3CCC(C(=O)Nc4ccc5c(c4)C(=O)N(CC4CC4)C5=O)CC3)CC2)c1. The van der Waals surface area contributed by atoms with Crippen LogP contribution >= 0.6 is 0 Å². The summed E-state index contributed by atoms with van der Waals surface area (Å²) in [6.07, 6.45) is 4.93. The maximum atomic E-state index is 13.1. The smallest absolute Gasteiger partial charge is 0.261 e. The molecule has 2 aromatic carbocycles. The van der Waals surface area contributed by atoms with E-state index in [1.807, 2.05) is 6.07 Å². The highest BCUT2D eigenvalue weighted by Gasteiger charge is 2.39. The zero-order valence-electron chi connectivity index (χ0n) is 22.8. The number of rotatable bonds is 7. The van der Waals surface area contributed by atoms with Crippen LogP contribution in [0, 0.1) is 23.2 Å². The first kappa shape index (κ1) is 27.6. The molecule has 2 aromatic rings. The Morgan fingerprint density at radius 1 is 0.902 bits per heavy atom. The molecule has 3 aliphatic heterocycles. The van der Waals surface area contributed by atoms with Crippen molar-refractivity contribution in [2.75, 3.05) is 38.0 Å². The van der Waals surface area contributed by atoms with Crippen molar-refractivity contribution in [3.8, 4) is 6.07 Å². The van der Waals surface area contributed by atoms with E-state index in [0.29, 0.717) is 73.6 Å². The van der Waals surface area contributed by atoms with Gasteiger partial charge in [0.25, 0.3) is 11.8 Å². The van der Waals surface area contributed by atoms with Crippen LogP contribution < -0.4 is 5.32 Å². The lowest BCUT2D eigenvalue weighted by atomic mass is 9.93. The molecule has 0 unspecified atom stereocenters. The average molecular weight is 576 g/mol. The van der Waals surface area contributed by atoms with Crippen LogP contribution in [-0.2, 0) is 14.8 Å². The van der Waals surface area contributed by atoms with Crippen molar-refractivity contribution >= 4 is 33.4 Å². The maximum Gasteiger partial charge on any atom is 0.261 e. The highest BCUT2D eigenvalue weighted by atomic mass is 32.2. The van der Waals surface area contributed by atoms with Gasteiger partial charge in [0.15, 0.2) is 0 Å². The molecule has 3 heterocycles. The number of carbonyl (C=O) groups excluding carboxylic acids is 3. The summed E-state index contributed by atoms with van der Waals surface area (Å²) in [6.45, 7) is 2.82. The average Bonchev–Trinajstić information content (AvgIpc) is 3.80. The summed E-state index contributed by atoms with van der Waals surface area (Å²) < 4.78 is 27.7. The second-order valence-corrected chi connectivity index (χ2v) is 13.4. The lowest BCUT2D eigenvalue weighted by Gasteiger charge is -2.41. The number of hydrogen-bond donors (Lipinski definition) is 1. The van der Waals surface area contributed by atoms with Gasteiger partial charge in [-0.05, 0) is 93.9 Å². The van der Waals surface area contributed by atoms with E-state index in [1.54, 1.807) is 30.3 Å². The summed E-state index contributed by atoms with van der Waals surface area (Å²) in [5.74, 6) is -0.363. The number of piperidine rings is 2. The molecule has 0 aromatic heterocycles. The molecule has 11 heteroatoms. The van der Waals surface area contributed by atoms with Crippen LogP contribution in [0.5, 0.6) is 0 Å². The van der Waals surface area contributed by atoms with Gasteiger partial charge >= 0.3 is 0 Å². The molecule has 3 amide bonds. The van der Waals surface area contributed by atoms with Gasteiger partial charge in [0.05, 0.1) is 27.7 Å². The van der Waals surface area contributed by atoms with Crippen LogP contribution in [0.25, 0.3) is 0 Å². The fraction of sp³-hybridized carbons (Fsp3) is 0.467. The maximum absolute atomic E-state index is 13.1. The molecule has 3 fully saturated rings. The molecule has 4 aliphatic rings. The summed E-state index contributed by atoms with van der Waals surface area (Å²) in [7, 11) is -3.65. The fourth-order valence-electron chi connectivity index (χ4n) is 6.19. The number of nitrogens with zero attached hydrogens (tertiary/aromatic N) is 4. The zero-order valence-corrected chi connectivity index (χ0v) is 23.6. The molecule has 0 bridgehead atoms. The van der Waals surface area contributed by atoms with Gasteiger partial charge in [-0.2, -0.15) is 9.57 Å². The highest BCUT2D eigenvalue weighted by Crippen LogP contribution is 2.34. The number of nitriles is 1. The number of sulfonamides is 1.